The second-order valence-electron chi connectivity index (χ2n) is 6.65. The number of nitrogens with zero attached hydrogens (tertiary/aromatic N) is 1. The fraction of sp³-hybridized carbons (Fsp3) is 0.875. The molecular weight excluding hydrogens is 268 g/mol. The van der Waals surface area contributed by atoms with E-state index in [0.717, 1.165) is 5.92 Å². The summed E-state index contributed by atoms with van der Waals surface area (Å²) in [5.41, 5.74) is 0. The predicted octanol–water partition coefficient (Wildman–Crippen LogP) is 2.96. The molecule has 1 saturated carbocycles. The molecule has 0 unspecified atom stereocenters. The second-order valence-corrected chi connectivity index (χ2v) is 6.65. The smallest absolute Gasteiger partial charge is 0.323 e. The number of hydrogen-bond acceptors (Lipinski definition) is 2. The maximum atomic E-state index is 12.1. The Morgan fingerprint density at radius 3 is 2.24 bits per heavy atom. The third-order valence-electron chi connectivity index (χ3n) is 4.28. The molecule has 0 bridgehead atoms. The number of aliphatic carboxylic acids is 1. The molecule has 0 aromatic heterocycles. The van der Waals surface area contributed by atoms with Crippen LogP contribution in [0.1, 0.15) is 52.9 Å². The summed E-state index contributed by atoms with van der Waals surface area (Å²) in [7, 11) is 0. The first kappa shape index (κ1) is 17.8. The highest BCUT2D eigenvalue weighted by molar-refractivity contribution is 5.80. The number of carboxylic acids is 1. The first-order valence-corrected chi connectivity index (χ1v) is 8.16. The molecule has 0 heterocycles. The number of rotatable bonds is 7. The minimum atomic E-state index is -0.964. The van der Waals surface area contributed by atoms with E-state index in [2.05, 4.69) is 12.2 Å². The Morgan fingerprint density at radius 1 is 1.19 bits per heavy atom. The van der Waals surface area contributed by atoms with Gasteiger partial charge in [0.1, 0.15) is 6.54 Å². The molecule has 2 N–H and O–H groups in total. The zero-order valence-corrected chi connectivity index (χ0v) is 13.6. The van der Waals surface area contributed by atoms with Crippen molar-refractivity contribution < 1.29 is 14.7 Å². The minimum absolute atomic E-state index is 0.230. The zero-order valence-electron chi connectivity index (χ0n) is 13.6. The molecule has 21 heavy (non-hydrogen) atoms. The number of carbonyl (C=O) groups is 2. The van der Waals surface area contributed by atoms with Gasteiger partial charge in [-0.25, -0.2) is 4.79 Å². The average molecular weight is 298 g/mol. The van der Waals surface area contributed by atoms with E-state index in [1.807, 2.05) is 13.8 Å². The fourth-order valence-electron chi connectivity index (χ4n) is 3.01. The van der Waals surface area contributed by atoms with Gasteiger partial charge in [0, 0.05) is 13.1 Å². The molecule has 1 aliphatic rings. The molecule has 1 rings (SSSR count). The number of carbonyl (C=O) groups excluding carboxylic acids is 1. The highest BCUT2D eigenvalue weighted by Crippen LogP contribution is 2.30. The van der Waals surface area contributed by atoms with Gasteiger partial charge in [-0.1, -0.05) is 40.0 Å². The minimum Gasteiger partial charge on any atom is -0.480 e. The van der Waals surface area contributed by atoms with Crippen LogP contribution in [0.2, 0.25) is 0 Å². The molecule has 0 spiro atoms. The van der Waals surface area contributed by atoms with Gasteiger partial charge in [0.05, 0.1) is 0 Å². The summed E-state index contributed by atoms with van der Waals surface area (Å²) in [5.74, 6) is 0.688. The molecular formula is C16H30N2O3. The lowest BCUT2D eigenvalue weighted by atomic mass is 9.81. The first-order chi connectivity index (χ1) is 9.92. The highest BCUT2D eigenvalue weighted by Gasteiger charge is 2.22. The Balaban J connectivity index is 2.37. The number of amides is 2. The van der Waals surface area contributed by atoms with Crippen molar-refractivity contribution in [1.29, 1.82) is 0 Å². The standard InChI is InChI=1S/C16H30N2O3/c1-4-13-5-7-14(8-6-13)9-17-16(21)18(10-12(2)3)11-15(19)20/h12-14H,4-11H2,1-3H3,(H,17,21)(H,19,20). The Hall–Kier alpha value is -1.26. The molecule has 0 aliphatic heterocycles. The zero-order chi connectivity index (χ0) is 15.8. The average Bonchev–Trinajstić information content (AvgIpc) is 2.43. The van der Waals surface area contributed by atoms with Crippen LogP contribution in [0.5, 0.6) is 0 Å². The van der Waals surface area contributed by atoms with Gasteiger partial charge >= 0.3 is 12.0 Å². The van der Waals surface area contributed by atoms with Crippen LogP contribution in [-0.4, -0.2) is 41.6 Å². The molecule has 2 amide bonds. The highest BCUT2D eigenvalue weighted by atomic mass is 16.4. The number of urea groups is 1. The Bertz CT molecular complexity index is 336. The van der Waals surface area contributed by atoms with Crippen molar-refractivity contribution in [2.75, 3.05) is 19.6 Å². The van der Waals surface area contributed by atoms with Gasteiger partial charge in [0.2, 0.25) is 0 Å². The van der Waals surface area contributed by atoms with Crippen LogP contribution in [0.25, 0.3) is 0 Å². The van der Waals surface area contributed by atoms with Gasteiger partial charge in [-0.3, -0.25) is 4.79 Å². The maximum Gasteiger partial charge on any atom is 0.323 e. The SMILES string of the molecule is CCC1CCC(CNC(=O)N(CC(=O)O)CC(C)C)CC1. The van der Waals surface area contributed by atoms with Crippen LogP contribution in [0.15, 0.2) is 0 Å². The molecule has 0 atom stereocenters. The number of carboxylic acid groups (broad SMARTS) is 1. The summed E-state index contributed by atoms with van der Waals surface area (Å²) >= 11 is 0. The molecule has 122 valence electrons. The van der Waals surface area contributed by atoms with Crippen LogP contribution in [0.3, 0.4) is 0 Å². The van der Waals surface area contributed by atoms with Crippen molar-refractivity contribution in [3.05, 3.63) is 0 Å². The van der Waals surface area contributed by atoms with Gasteiger partial charge in [-0.2, -0.15) is 0 Å². The van der Waals surface area contributed by atoms with Crippen LogP contribution in [0, 0.1) is 17.8 Å². The topological polar surface area (TPSA) is 69.6 Å². The van der Waals surface area contributed by atoms with Crippen LogP contribution < -0.4 is 5.32 Å². The molecule has 0 aromatic rings. The van der Waals surface area contributed by atoms with Crippen LogP contribution in [-0.2, 0) is 4.79 Å². The number of hydrogen-bond donors (Lipinski definition) is 2. The Kier molecular flexibility index (Phi) is 7.54. The largest absolute Gasteiger partial charge is 0.480 e. The molecule has 0 aromatic carbocycles. The van der Waals surface area contributed by atoms with Crippen molar-refractivity contribution in [2.45, 2.75) is 52.9 Å². The number of nitrogens with one attached hydrogen (secondary N) is 1. The monoisotopic (exact) mass is 298 g/mol. The summed E-state index contributed by atoms with van der Waals surface area (Å²) in [5, 5.41) is 11.8. The van der Waals surface area contributed by atoms with Crippen LogP contribution in [0.4, 0.5) is 4.79 Å². The van der Waals surface area contributed by atoms with Gasteiger partial charge in [-0.15, -0.1) is 0 Å². The van der Waals surface area contributed by atoms with Gasteiger partial charge in [0.15, 0.2) is 0 Å². The van der Waals surface area contributed by atoms with E-state index in [1.54, 1.807) is 0 Å². The summed E-state index contributed by atoms with van der Waals surface area (Å²) in [6.45, 7) is 7.11. The summed E-state index contributed by atoms with van der Waals surface area (Å²) in [6, 6.07) is -0.247. The van der Waals surface area contributed by atoms with E-state index < -0.39 is 5.97 Å². The van der Waals surface area contributed by atoms with Gasteiger partial charge < -0.3 is 15.3 Å². The third-order valence-corrected chi connectivity index (χ3v) is 4.28. The van der Waals surface area contributed by atoms with Gasteiger partial charge in [0.25, 0.3) is 0 Å². The van der Waals surface area contributed by atoms with E-state index in [1.165, 1.54) is 37.0 Å². The summed E-state index contributed by atoms with van der Waals surface area (Å²) < 4.78 is 0. The molecule has 5 heteroatoms. The van der Waals surface area contributed by atoms with Crippen molar-refractivity contribution in [3.8, 4) is 0 Å². The van der Waals surface area contributed by atoms with Crippen molar-refractivity contribution >= 4 is 12.0 Å². The van der Waals surface area contributed by atoms with E-state index in [9.17, 15) is 9.59 Å². The van der Waals surface area contributed by atoms with Crippen molar-refractivity contribution in [2.24, 2.45) is 17.8 Å². The summed E-state index contributed by atoms with van der Waals surface area (Å²) in [6.07, 6.45) is 6.09. The Labute approximate surface area is 128 Å². The lowest BCUT2D eigenvalue weighted by molar-refractivity contribution is -0.137. The lowest BCUT2D eigenvalue weighted by Crippen LogP contribution is -2.46. The van der Waals surface area contributed by atoms with Crippen molar-refractivity contribution in [3.63, 3.8) is 0 Å². The van der Waals surface area contributed by atoms with E-state index in [4.69, 9.17) is 5.11 Å². The third kappa shape index (κ3) is 6.82. The fourth-order valence-corrected chi connectivity index (χ4v) is 3.01. The molecule has 5 nitrogen and oxygen atoms in total. The lowest BCUT2D eigenvalue weighted by Gasteiger charge is -2.29. The van der Waals surface area contributed by atoms with E-state index in [0.29, 0.717) is 19.0 Å². The van der Waals surface area contributed by atoms with Crippen molar-refractivity contribution in [1.82, 2.24) is 10.2 Å². The van der Waals surface area contributed by atoms with Gasteiger partial charge in [-0.05, 0) is 30.6 Å². The predicted molar refractivity (Wildman–Crippen MR) is 83.2 cm³/mol. The molecule has 1 aliphatic carbocycles. The maximum absolute atomic E-state index is 12.1. The second kappa shape index (κ2) is 8.90. The summed E-state index contributed by atoms with van der Waals surface area (Å²) in [4.78, 5) is 24.4. The van der Waals surface area contributed by atoms with Crippen LogP contribution >= 0.6 is 0 Å². The Morgan fingerprint density at radius 2 is 1.76 bits per heavy atom. The normalized spacial score (nSPS) is 22.1. The quantitative estimate of drug-likeness (QED) is 0.759. The molecule has 0 saturated heterocycles. The first-order valence-electron chi connectivity index (χ1n) is 8.16. The molecule has 0 radical (unpaired) electrons. The molecule has 1 fully saturated rings. The van der Waals surface area contributed by atoms with E-state index in [-0.39, 0.29) is 18.5 Å². The van der Waals surface area contributed by atoms with E-state index >= 15 is 0 Å².